The minimum absolute atomic E-state index is 0.0714. The molecule has 0 radical (unpaired) electrons. The fraction of sp³-hybridized carbons (Fsp3) is 0.586. The maximum Gasteiger partial charge on any atom is 0.203 e. The van der Waals surface area contributed by atoms with Crippen LogP contribution in [0.5, 0.6) is 17.2 Å². The van der Waals surface area contributed by atoms with Crippen LogP contribution in [0.3, 0.4) is 0 Å². The van der Waals surface area contributed by atoms with Crippen molar-refractivity contribution in [3.8, 4) is 17.2 Å². The molecule has 1 N–H and O–H groups in total. The average Bonchev–Trinajstić information content (AvgIpc) is 3.35. The highest BCUT2D eigenvalue weighted by molar-refractivity contribution is 5.53. The summed E-state index contributed by atoms with van der Waals surface area (Å²) < 4.78 is 22.0. The van der Waals surface area contributed by atoms with Gasteiger partial charge in [0.15, 0.2) is 11.5 Å². The molecule has 1 heterocycles. The zero-order chi connectivity index (χ0) is 24.3. The first-order chi connectivity index (χ1) is 16.3. The second kappa shape index (κ2) is 10.1. The highest BCUT2D eigenvalue weighted by Crippen LogP contribution is 2.59. The van der Waals surface area contributed by atoms with Crippen molar-refractivity contribution in [2.24, 2.45) is 17.3 Å². The topological polar surface area (TPSA) is 52.9 Å². The summed E-state index contributed by atoms with van der Waals surface area (Å²) in [6.45, 7) is 10.3. The summed E-state index contributed by atoms with van der Waals surface area (Å²) in [6.07, 6.45) is 11.9. The Morgan fingerprint density at radius 3 is 2.41 bits per heavy atom. The van der Waals surface area contributed by atoms with Gasteiger partial charge in [-0.1, -0.05) is 25.5 Å². The normalized spacial score (nSPS) is 28.9. The van der Waals surface area contributed by atoms with Crippen molar-refractivity contribution in [2.45, 2.75) is 70.9 Å². The molecule has 0 unspecified atom stereocenters. The fourth-order valence-electron chi connectivity index (χ4n) is 6.98. The number of ether oxygens (including phenoxy) is 3. The van der Waals surface area contributed by atoms with E-state index in [9.17, 15) is 0 Å². The number of hydrogen-bond donors (Lipinski definition) is 1. The van der Waals surface area contributed by atoms with Gasteiger partial charge >= 0.3 is 0 Å². The SMILES string of the molecule is C=C1CC[C@@H]2[C@](C)(CCC[C@]2(C)NCc2cc(OC)c(OC)c(OC)c2)[C@H]1CCc1ccoc1. The number of nitrogens with one attached hydrogen (secondary N) is 1. The molecule has 2 aliphatic rings. The molecule has 0 bridgehead atoms. The summed E-state index contributed by atoms with van der Waals surface area (Å²) in [4.78, 5) is 0. The smallest absolute Gasteiger partial charge is 0.203 e. The van der Waals surface area contributed by atoms with E-state index in [1.165, 1.54) is 36.8 Å². The van der Waals surface area contributed by atoms with Gasteiger partial charge in [-0.2, -0.15) is 0 Å². The minimum Gasteiger partial charge on any atom is -0.493 e. The summed E-state index contributed by atoms with van der Waals surface area (Å²) in [5, 5.41) is 3.99. The highest BCUT2D eigenvalue weighted by Gasteiger charge is 2.54. The van der Waals surface area contributed by atoms with E-state index >= 15 is 0 Å². The van der Waals surface area contributed by atoms with Crippen molar-refractivity contribution in [1.29, 1.82) is 0 Å². The van der Waals surface area contributed by atoms with E-state index in [2.05, 4.69) is 43.9 Å². The van der Waals surface area contributed by atoms with Gasteiger partial charge in [0.05, 0.1) is 33.9 Å². The standard InChI is InChI=1S/C29H41NO4/c1-20-8-11-26-28(2,23(20)10-9-21-12-15-34-19-21)13-7-14-29(26,3)30-18-22-16-24(31-4)27(33-6)25(17-22)32-5/h12,15-17,19,23,26,30H,1,7-11,13-14,18H2,2-6H3/t23-,26+,28+,29-/m0/s1. The van der Waals surface area contributed by atoms with Crippen molar-refractivity contribution in [1.82, 2.24) is 5.32 Å². The van der Waals surface area contributed by atoms with Crippen molar-refractivity contribution < 1.29 is 18.6 Å². The van der Waals surface area contributed by atoms with Gasteiger partial charge in [-0.3, -0.25) is 0 Å². The van der Waals surface area contributed by atoms with Crippen LogP contribution in [-0.2, 0) is 13.0 Å². The lowest BCUT2D eigenvalue weighted by Crippen LogP contribution is -2.60. The Hall–Kier alpha value is -2.40. The molecule has 34 heavy (non-hydrogen) atoms. The monoisotopic (exact) mass is 467 g/mol. The summed E-state index contributed by atoms with van der Waals surface area (Å²) in [7, 11) is 4.98. The van der Waals surface area contributed by atoms with Gasteiger partial charge in [0.1, 0.15) is 0 Å². The lowest BCUT2D eigenvalue weighted by Gasteiger charge is -2.59. The third kappa shape index (κ3) is 4.59. The molecular weight excluding hydrogens is 426 g/mol. The third-order valence-corrected chi connectivity index (χ3v) is 8.74. The fourth-order valence-corrected chi connectivity index (χ4v) is 6.98. The van der Waals surface area contributed by atoms with Crippen LogP contribution in [0.4, 0.5) is 0 Å². The highest BCUT2D eigenvalue weighted by atomic mass is 16.5. The zero-order valence-corrected chi connectivity index (χ0v) is 21.5. The largest absolute Gasteiger partial charge is 0.493 e. The average molecular weight is 468 g/mol. The maximum atomic E-state index is 5.57. The van der Waals surface area contributed by atoms with Gasteiger partial charge in [0, 0.05) is 12.1 Å². The van der Waals surface area contributed by atoms with Crippen LogP contribution in [-0.4, -0.2) is 26.9 Å². The predicted molar refractivity (Wildman–Crippen MR) is 136 cm³/mol. The number of aryl methyl sites for hydroxylation is 1. The molecule has 2 aromatic rings. The van der Waals surface area contributed by atoms with Gasteiger partial charge < -0.3 is 23.9 Å². The Balaban J connectivity index is 1.53. The van der Waals surface area contributed by atoms with Gasteiger partial charge in [0.25, 0.3) is 0 Å². The Bertz CT molecular complexity index is 959. The number of rotatable bonds is 9. The molecule has 5 nitrogen and oxygen atoms in total. The summed E-state index contributed by atoms with van der Waals surface area (Å²) in [6, 6.07) is 6.20. The molecule has 2 aliphatic carbocycles. The number of hydrogen-bond acceptors (Lipinski definition) is 5. The minimum atomic E-state index is 0.0714. The lowest BCUT2D eigenvalue weighted by atomic mass is 9.49. The van der Waals surface area contributed by atoms with Crippen LogP contribution in [0.1, 0.15) is 63.5 Å². The van der Waals surface area contributed by atoms with E-state index in [1.54, 1.807) is 27.6 Å². The van der Waals surface area contributed by atoms with Crippen molar-refractivity contribution >= 4 is 0 Å². The first kappa shape index (κ1) is 24.7. The third-order valence-electron chi connectivity index (χ3n) is 8.74. The first-order valence-electron chi connectivity index (χ1n) is 12.6. The van der Waals surface area contributed by atoms with E-state index < -0.39 is 0 Å². The quantitative estimate of drug-likeness (QED) is 0.423. The van der Waals surface area contributed by atoms with Crippen LogP contribution in [0.25, 0.3) is 0 Å². The van der Waals surface area contributed by atoms with E-state index in [4.69, 9.17) is 18.6 Å². The molecule has 0 aliphatic heterocycles. The summed E-state index contributed by atoms with van der Waals surface area (Å²) in [5.74, 6) is 3.19. The molecule has 4 atom stereocenters. The molecule has 0 saturated heterocycles. The molecule has 186 valence electrons. The van der Waals surface area contributed by atoms with E-state index in [0.717, 1.165) is 31.4 Å². The number of methoxy groups -OCH3 is 3. The second-order valence-electron chi connectivity index (χ2n) is 10.6. The van der Waals surface area contributed by atoms with Crippen molar-refractivity contribution in [3.05, 3.63) is 54.0 Å². The number of furan rings is 1. The molecule has 2 saturated carbocycles. The van der Waals surface area contributed by atoms with Gasteiger partial charge in [-0.15, -0.1) is 0 Å². The van der Waals surface area contributed by atoms with Crippen LogP contribution in [0, 0.1) is 17.3 Å². The van der Waals surface area contributed by atoms with Crippen LogP contribution in [0.2, 0.25) is 0 Å². The Morgan fingerprint density at radius 2 is 1.79 bits per heavy atom. The summed E-state index contributed by atoms with van der Waals surface area (Å²) in [5.41, 5.74) is 4.20. The number of allylic oxidation sites excluding steroid dienone is 1. The molecule has 1 aromatic carbocycles. The Morgan fingerprint density at radius 1 is 1.06 bits per heavy atom. The van der Waals surface area contributed by atoms with E-state index in [1.807, 2.05) is 6.26 Å². The maximum absolute atomic E-state index is 5.57. The van der Waals surface area contributed by atoms with E-state index in [-0.39, 0.29) is 11.0 Å². The molecule has 0 amide bonds. The van der Waals surface area contributed by atoms with Gasteiger partial charge in [0.2, 0.25) is 5.75 Å². The number of fused-ring (bicyclic) bond motifs is 1. The molecule has 5 heteroatoms. The van der Waals surface area contributed by atoms with Crippen LogP contribution >= 0.6 is 0 Å². The zero-order valence-electron chi connectivity index (χ0n) is 21.5. The summed E-state index contributed by atoms with van der Waals surface area (Å²) >= 11 is 0. The molecule has 1 aromatic heterocycles. The first-order valence-corrected chi connectivity index (χ1v) is 12.6. The Kier molecular flexibility index (Phi) is 7.32. The van der Waals surface area contributed by atoms with Crippen LogP contribution < -0.4 is 19.5 Å². The van der Waals surface area contributed by atoms with Crippen molar-refractivity contribution in [3.63, 3.8) is 0 Å². The van der Waals surface area contributed by atoms with Gasteiger partial charge in [-0.05, 0) is 92.0 Å². The molecule has 0 spiro atoms. The van der Waals surface area contributed by atoms with Crippen LogP contribution in [0.15, 0.2) is 47.3 Å². The molecular formula is C29H41NO4. The Labute approximate surface area is 204 Å². The second-order valence-corrected chi connectivity index (χ2v) is 10.6. The molecule has 4 rings (SSSR count). The van der Waals surface area contributed by atoms with Crippen molar-refractivity contribution in [2.75, 3.05) is 21.3 Å². The predicted octanol–water partition coefficient (Wildman–Crippen LogP) is 6.56. The lowest BCUT2D eigenvalue weighted by molar-refractivity contribution is -0.0367. The number of benzene rings is 1. The molecule has 2 fully saturated rings. The van der Waals surface area contributed by atoms with E-state index in [0.29, 0.717) is 29.1 Å². The van der Waals surface area contributed by atoms with Gasteiger partial charge in [-0.25, -0.2) is 0 Å².